The van der Waals surface area contributed by atoms with Crippen LogP contribution in [0.2, 0.25) is 0 Å². The Kier molecular flexibility index (Phi) is 3.68. The average molecular weight is 210 g/mol. The van der Waals surface area contributed by atoms with Crippen LogP contribution in [0.4, 0.5) is 0 Å². The highest BCUT2D eigenvalue weighted by Gasteiger charge is 2.30. The molecule has 2 fully saturated rings. The maximum absolute atomic E-state index is 3.77. The first kappa shape index (κ1) is 11.4. The van der Waals surface area contributed by atoms with Gasteiger partial charge in [-0.05, 0) is 63.1 Å². The second kappa shape index (κ2) is 4.84. The second-order valence-electron chi connectivity index (χ2n) is 6.22. The predicted molar refractivity (Wildman–Crippen MR) is 65.0 cm³/mol. The summed E-state index contributed by atoms with van der Waals surface area (Å²) in [4.78, 5) is 0. The van der Waals surface area contributed by atoms with Crippen LogP contribution in [0.25, 0.3) is 0 Å². The molecule has 0 aromatic rings. The summed E-state index contributed by atoms with van der Waals surface area (Å²) in [5, 5.41) is 7.25. The molecule has 2 rings (SSSR count). The third kappa shape index (κ3) is 3.46. The van der Waals surface area contributed by atoms with Crippen molar-refractivity contribution in [3.05, 3.63) is 0 Å². The van der Waals surface area contributed by atoms with Gasteiger partial charge in [-0.25, -0.2) is 0 Å². The summed E-state index contributed by atoms with van der Waals surface area (Å²) in [5.74, 6) is 0.877. The van der Waals surface area contributed by atoms with Gasteiger partial charge in [0.1, 0.15) is 0 Å². The summed E-state index contributed by atoms with van der Waals surface area (Å²) >= 11 is 0. The summed E-state index contributed by atoms with van der Waals surface area (Å²) in [6.07, 6.45) is 6.92. The SMILES string of the molecule is CC1(C)CCC(NCC2CCCNC2)C1. The molecule has 2 heteroatoms. The third-order valence-corrected chi connectivity index (χ3v) is 4.06. The molecule has 0 radical (unpaired) electrons. The van der Waals surface area contributed by atoms with E-state index in [9.17, 15) is 0 Å². The molecule has 2 unspecified atom stereocenters. The fourth-order valence-corrected chi connectivity index (χ4v) is 3.04. The molecule has 2 aliphatic rings. The van der Waals surface area contributed by atoms with E-state index in [1.54, 1.807) is 0 Å². The molecular weight excluding hydrogens is 184 g/mol. The van der Waals surface area contributed by atoms with Crippen LogP contribution in [0, 0.1) is 11.3 Å². The van der Waals surface area contributed by atoms with E-state index >= 15 is 0 Å². The van der Waals surface area contributed by atoms with Crippen molar-refractivity contribution in [2.24, 2.45) is 11.3 Å². The van der Waals surface area contributed by atoms with Gasteiger partial charge in [0.25, 0.3) is 0 Å². The zero-order valence-corrected chi connectivity index (χ0v) is 10.3. The van der Waals surface area contributed by atoms with Crippen LogP contribution >= 0.6 is 0 Å². The molecule has 1 saturated carbocycles. The minimum Gasteiger partial charge on any atom is -0.316 e. The summed E-state index contributed by atoms with van der Waals surface area (Å²) in [6.45, 7) is 8.48. The molecule has 0 aromatic heterocycles. The molecule has 88 valence electrons. The van der Waals surface area contributed by atoms with E-state index in [0.717, 1.165) is 12.0 Å². The molecule has 1 aliphatic carbocycles. The zero-order chi connectivity index (χ0) is 10.7. The quantitative estimate of drug-likeness (QED) is 0.746. The van der Waals surface area contributed by atoms with Crippen molar-refractivity contribution in [2.45, 2.75) is 52.0 Å². The van der Waals surface area contributed by atoms with Gasteiger partial charge >= 0.3 is 0 Å². The Morgan fingerprint density at radius 1 is 1.33 bits per heavy atom. The number of hydrogen-bond acceptors (Lipinski definition) is 2. The Balaban J connectivity index is 1.65. The van der Waals surface area contributed by atoms with Crippen molar-refractivity contribution in [2.75, 3.05) is 19.6 Å². The topological polar surface area (TPSA) is 24.1 Å². The number of rotatable bonds is 3. The molecule has 15 heavy (non-hydrogen) atoms. The van der Waals surface area contributed by atoms with E-state index in [0.29, 0.717) is 5.41 Å². The van der Waals surface area contributed by atoms with E-state index in [1.807, 2.05) is 0 Å². The lowest BCUT2D eigenvalue weighted by atomic mass is 9.91. The van der Waals surface area contributed by atoms with Gasteiger partial charge in [-0.3, -0.25) is 0 Å². The molecule has 2 atom stereocenters. The molecule has 0 aromatic carbocycles. The average Bonchev–Trinajstić information content (AvgIpc) is 2.57. The zero-order valence-electron chi connectivity index (χ0n) is 10.3. The van der Waals surface area contributed by atoms with Gasteiger partial charge in [0.15, 0.2) is 0 Å². The predicted octanol–water partition coefficient (Wildman–Crippen LogP) is 2.15. The third-order valence-electron chi connectivity index (χ3n) is 4.06. The van der Waals surface area contributed by atoms with Crippen LogP contribution in [0.5, 0.6) is 0 Å². The molecule has 2 N–H and O–H groups in total. The molecule has 0 bridgehead atoms. The lowest BCUT2D eigenvalue weighted by Gasteiger charge is -2.25. The lowest BCUT2D eigenvalue weighted by Crippen LogP contribution is -2.39. The maximum Gasteiger partial charge on any atom is 0.00724 e. The minimum atomic E-state index is 0.586. The van der Waals surface area contributed by atoms with Crippen molar-refractivity contribution in [1.29, 1.82) is 0 Å². The molecule has 2 nitrogen and oxygen atoms in total. The van der Waals surface area contributed by atoms with Crippen LogP contribution in [0.3, 0.4) is 0 Å². The van der Waals surface area contributed by atoms with E-state index < -0.39 is 0 Å². The second-order valence-corrected chi connectivity index (χ2v) is 6.22. The monoisotopic (exact) mass is 210 g/mol. The van der Waals surface area contributed by atoms with Gasteiger partial charge in [0, 0.05) is 6.04 Å². The van der Waals surface area contributed by atoms with Gasteiger partial charge in [0.2, 0.25) is 0 Å². The van der Waals surface area contributed by atoms with E-state index in [4.69, 9.17) is 0 Å². The Morgan fingerprint density at radius 2 is 2.20 bits per heavy atom. The summed E-state index contributed by atoms with van der Waals surface area (Å²) in [7, 11) is 0. The molecule has 0 spiro atoms. The van der Waals surface area contributed by atoms with Crippen LogP contribution in [0.1, 0.15) is 46.0 Å². The van der Waals surface area contributed by atoms with Gasteiger partial charge in [0.05, 0.1) is 0 Å². The molecule has 1 aliphatic heterocycles. The first-order valence-corrected chi connectivity index (χ1v) is 6.60. The maximum atomic E-state index is 3.77. The lowest BCUT2D eigenvalue weighted by molar-refractivity contribution is 0.327. The molecule has 1 saturated heterocycles. The highest BCUT2D eigenvalue weighted by molar-refractivity contribution is 4.87. The van der Waals surface area contributed by atoms with E-state index in [2.05, 4.69) is 24.5 Å². The largest absolute Gasteiger partial charge is 0.316 e. The highest BCUT2D eigenvalue weighted by atomic mass is 14.9. The molecule has 1 heterocycles. The van der Waals surface area contributed by atoms with Crippen LogP contribution in [0.15, 0.2) is 0 Å². The van der Waals surface area contributed by atoms with Gasteiger partial charge in [-0.15, -0.1) is 0 Å². The standard InChI is InChI=1S/C13H26N2/c1-13(2)6-5-12(8-13)15-10-11-4-3-7-14-9-11/h11-12,14-15H,3-10H2,1-2H3. The van der Waals surface area contributed by atoms with Gasteiger partial charge in [-0.1, -0.05) is 13.8 Å². The summed E-state index contributed by atoms with van der Waals surface area (Å²) in [5.41, 5.74) is 0.586. The van der Waals surface area contributed by atoms with Crippen molar-refractivity contribution in [1.82, 2.24) is 10.6 Å². The fourth-order valence-electron chi connectivity index (χ4n) is 3.04. The fraction of sp³-hybridized carbons (Fsp3) is 1.00. The minimum absolute atomic E-state index is 0.586. The van der Waals surface area contributed by atoms with Gasteiger partial charge in [-0.2, -0.15) is 0 Å². The van der Waals surface area contributed by atoms with Crippen molar-refractivity contribution >= 4 is 0 Å². The smallest absolute Gasteiger partial charge is 0.00724 e. The van der Waals surface area contributed by atoms with E-state index in [-0.39, 0.29) is 0 Å². The highest BCUT2D eigenvalue weighted by Crippen LogP contribution is 2.36. The van der Waals surface area contributed by atoms with E-state index in [1.165, 1.54) is 51.7 Å². The first-order valence-electron chi connectivity index (χ1n) is 6.60. The van der Waals surface area contributed by atoms with Crippen molar-refractivity contribution < 1.29 is 0 Å². The van der Waals surface area contributed by atoms with Crippen LogP contribution < -0.4 is 10.6 Å². The number of nitrogens with one attached hydrogen (secondary N) is 2. The summed E-state index contributed by atoms with van der Waals surface area (Å²) in [6, 6.07) is 0.793. The number of piperidine rings is 1. The first-order chi connectivity index (χ1) is 7.16. The molecule has 0 amide bonds. The Labute approximate surface area is 94.2 Å². The summed E-state index contributed by atoms with van der Waals surface area (Å²) < 4.78 is 0. The Bertz CT molecular complexity index is 195. The van der Waals surface area contributed by atoms with Crippen molar-refractivity contribution in [3.8, 4) is 0 Å². The van der Waals surface area contributed by atoms with Crippen LogP contribution in [-0.4, -0.2) is 25.7 Å². The Hall–Kier alpha value is -0.0800. The van der Waals surface area contributed by atoms with Gasteiger partial charge < -0.3 is 10.6 Å². The Morgan fingerprint density at radius 3 is 2.80 bits per heavy atom. The van der Waals surface area contributed by atoms with Crippen LogP contribution in [-0.2, 0) is 0 Å². The molecular formula is C13H26N2. The van der Waals surface area contributed by atoms with Crippen molar-refractivity contribution in [3.63, 3.8) is 0 Å². The normalized spacial score (nSPS) is 35.6. The number of hydrogen-bond donors (Lipinski definition) is 2.